The number of amides is 1. The highest BCUT2D eigenvalue weighted by Crippen LogP contribution is 2.21. The Morgan fingerprint density at radius 3 is 2.75 bits per heavy atom. The van der Waals surface area contributed by atoms with Crippen LogP contribution in [0.1, 0.15) is 6.42 Å². The molecular weight excluding hydrogens is 226 g/mol. The third-order valence-electron chi connectivity index (χ3n) is 2.23. The van der Waals surface area contributed by atoms with Gasteiger partial charge in [-0.25, -0.2) is 0 Å². The van der Waals surface area contributed by atoms with E-state index < -0.39 is 0 Å². The molecule has 1 atom stereocenters. The number of carbonyl (C=O) groups is 1. The third kappa shape index (κ3) is 3.72. The Hall–Kier alpha value is -1.26. The van der Waals surface area contributed by atoms with E-state index in [1.165, 1.54) is 0 Å². The van der Waals surface area contributed by atoms with Crippen LogP contribution in [0, 0.1) is 0 Å². The van der Waals surface area contributed by atoms with Crippen molar-refractivity contribution in [2.45, 2.75) is 12.5 Å². The van der Waals surface area contributed by atoms with Crippen molar-refractivity contribution in [2.75, 3.05) is 18.9 Å². The van der Waals surface area contributed by atoms with E-state index in [0.717, 1.165) is 5.69 Å². The summed E-state index contributed by atoms with van der Waals surface area (Å²) in [5.74, 6) is -0.0463. The maximum Gasteiger partial charge on any atom is 0.221 e. The summed E-state index contributed by atoms with van der Waals surface area (Å²) in [4.78, 5) is 11.2. The molecule has 88 valence electrons. The fourth-order valence-electron chi connectivity index (χ4n) is 1.32. The number of hydrogen-bond acceptors (Lipinski definition) is 3. The van der Waals surface area contributed by atoms with Gasteiger partial charge in [0.15, 0.2) is 0 Å². The first-order valence-corrected chi connectivity index (χ1v) is 5.47. The van der Waals surface area contributed by atoms with Crippen LogP contribution in [-0.2, 0) is 4.79 Å². The van der Waals surface area contributed by atoms with Gasteiger partial charge in [0.1, 0.15) is 0 Å². The number of nitrogens with one attached hydrogen (secondary N) is 2. The van der Waals surface area contributed by atoms with Crippen LogP contribution in [0.15, 0.2) is 24.3 Å². The lowest BCUT2D eigenvalue weighted by Gasteiger charge is -2.18. The van der Waals surface area contributed by atoms with Gasteiger partial charge in [-0.1, -0.05) is 23.7 Å². The van der Waals surface area contributed by atoms with Crippen LogP contribution in [0.25, 0.3) is 0 Å². The highest BCUT2D eigenvalue weighted by atomic mass is 35.5. The zero-order valence-electron chi connectivity index (χ0n) is 9.16. The number of hydrogen-bond donors (Lipinski definition) is 3. The molecule has 4 N–H and O–H groups in total. The first kappa shape index (κ1) is 12.8. The van der Waals surface area contributed by atoms with Crippen molar-refractivity contribution in [3.63, 3.8) is 0 Å². The summed E-state index contributed by atoms with van der Waals surface area (Å²) in [6.45, 7) is 0.374. The Kier molecular flexibility index (Phi) is 5.08. The SMILES string of the molecule is CNC(=O)CC(CN)Nc1ccccc1Cl. The quantitative estimate of drug-likeness (QED) is 0.726. The predicted octanol–water partition coefficient (Wildman–Crippen LogP) is 1.22. The average Bonchev–Trinajstić information content (AvgIpc) is 2.30. The molecule has 1 rings (SSSR count). The zero-order valence-corrected chi connectivity index (χ0v) is 9.92. The molecule has 0 spiro atoms. The molecule has 0 aliphatic carbocycles. The molecule has 0 saturated carbocycles. The van der Waals surface area contributed by atoms with E-state index in [0.29, 0.717) is 18.0 Å². The van der Waals surface area contributed by atoms with Gasteiger partial charge in [0.05, 0.1) is 10.7 Å². The number of nitrogens with two attached hydrogens (primary N) is 1. The van der Waals surface area contributed by atoms with Crippen LogP contribution in [0.3, 0.4) is 0 Å². The fraction of sp³-hybridized carbons (Fsp3) is 0.364. The minimum atomic E-state index is -0.111. The molecule has 1 aromatic carbocycles. The molecule has 0 saturated heterocycles. The normalized spacial score (nSPS) is 11.9. The molecule has 0 aliphatic rings. The summed E-state index contributed by atoms with van der Waals surface area (Å²) in [6.07, 6.45) is 0.332. The molecule has 0 bridgehead atoms. The molecule has 1 unspecified atom stereocenters. The molecule has 0 heterocycles. The van der Waals surface area contributed by atoms with Gasteiger partial charge >= 0.3 is 0 Å². The summed E-state index contributed by atoms with van der Waals surface area (Å²) in [5.41, 5.74) is 6.38. The Balaban J connectivity index is 2.63. The van der Waals surface area contributed by atoms with Crippen LogP contribution in [-0.4, -0.2) is 25.5 Å². The average molecular weight is 242 g/mol. The summed E-state index contributed by atoms with van der Waals surface area (Å²) >= 11 is 5.99. The third-order valence-corrected chi connectivity index (χ3v) is 2.56. The van der Waals surface area contributed by atoms with Gasteiger partial charge in [0, 0.05) is 26.1 Å². The van der Waals surface area contributed by atoms with Crippen molar-refractivity contribution in [2.24, 2.45) is 5.73 Å². The predicted molar refractivity (Wildman–Crippen MR) is 66.6 cm³/mol. The summed E-state index contributed by atoms with van der Waals surface area (Å²) < 4.78 is 0. The molecule has 0 radical (unpaired) electrons. The van der Waals surface area contributed by atoms with Crippen LogP contribution in [0.5, 0.6) is 0 Å². The Labute approximate surface area is 100 Å². The number of rotatable bonds is 5. The van der Waals surface area contributed by atoms with Gasteiger partial charge in [-0.05, 0) is 12.1 Å². The van der Waals surface area contributed by atoms with Crippen molar-refractivity contribution >= 4 is 23.2 Å². The van der Waals surface area contributed by atoms with Gasteiger partial charge in [-0.3, -0.25) is 4.79 Å². The minimum absolute atomic E-state index is 0.0463. The lowest BCUT2D eigenvalue weighted by Crippen LogP contribution is -2.34. The standard InChI is InChI=1S/C11H16ClN3O/c1-14-11(16)6-8(7-13)15-10-5-3-2-4-9(10)12/h2-5,8,15H,6-7,13H2,1H3,(H,14,16). The van der Waals surface area contributed by atoms with Gasteiger partial charge in [-0.2, -0.15) is 0 Å². The van der Waals surface area contributed by atoms with Crippen molar-refractivity contribution in [3.05, 3.63) is 29.3 Å². The van der Waals surface area contributed by atoms with Crippen LogP contribution in [0.4, 0.5) is 5.69 Å². The molecule has 0 aliphatic heterocycles. The Morgan fingerprint density at radius 2 is 2.19 bits per heavy atom. The van der Waals surface area contributed by atoms with E-state index in [2.05, 4.69) is 10.6 Å². The van der Waals surface area contributed by atoms with Crippen LogP contribution >= 0.6 is 11.6 Å². The maximum absolute atomic E-state index is 11.2. The highest BCUT2D eigenvalue weighted by Gasteiger charge is 2.12. The number of carbonyl (C=O) groups excluding carboxylic acids is 1. The first-order chi connectivity index (χ1) is 7.67. The summed E-state index contributed by atoms with van der Waals surface area (Å²) in [7, 11) is 1.60. The van der Waals surface area contributed by atoms with Crippen molar-refractivity contribution in [1.82, 2.24) is 5.32 Å². The zero-order chi connectivity index (χ0) is 12.0. The maximum atomic E-state index is 11.2. The molecule has 0 aromatic heterocycles. The lowest BCUT2D eigenvalue weighted by atomic mass is 10.2. The largest absolute Gasteiger partial charge is 0.379 e. The van der Waals surface area contributed by atoms with Gasteiger partial charge in [0.25, 0.3) is 0 Å². The van der Waals surface area contributed by atoms with Crippen molar-refractivity contribution in [3.8, 4) is 0 Å². The molecule has 5 heteroatoms. The molecule has 4 nitrogen and oxygen atoms in total. The number of halogens is 1. The molecule has 16 heavy (non-hydrogen) atoms. The highest BCUT2D eigenvalue weighted by molar-refractivity contribution is 6.33. The second kappa shape index (κ2) is 6.35. The second-order valence-corrected chi connectivity index (χ2v) is 3.84. The van der Waals surface area contributed by atoms with Crippen LogP contribution in [0.2, 0.25) is 5.02 Å². The van der Waals surface area contributed by atoms with E-state index in [4.69, 9.17) is 17.3 Å². The van der Waals surface area contributed by atoms with E-state index in [1.807, 2.05) is 18.2 Å². The van der Waals surface area contributed by atoms with E-state index in [-0.39, 0.29) is 11.9 Å². The molecular formula is C11H16ClN3O. The number of para-hydroxylation sites is 1. The molecule has 0 fully saturated rings. The smallest absolute Gasteiger partial charge is 0.221 e. The Morgan fingerprint density at radius 1 is 1.50 bits per heavy atom. The fourth-order valence-corrected chi connectivity index (χ4v) is 1.51. The molecule has 1 amide bonds. The summed E-state index contributed by atoms with van der Waals surface area (Å²) in [6, 6.07) is 7.26. The number of anilines is 1. The topological polar surface area (TPSA) is 67.2 Å². The second-order valence-electron chi connectivity index (χ2n) is 3.43. The van der Waals surface area contributed by atoms with Gasteiger partial charge < -0.3 is 16.4 Å². The monoisotopic (exact) mass is 241 g/mol. The van der Waals surface area contributed by atoms with Gasteiger partial charge in [0.2, 0.25) is 5.91 Å². The van der Waals surface area contributed by atoms with Crippen LogP contribution < -0.4 is 16.4 Å². The van der Waals surface area contributed by atoms with Crippen molar-refractivity contribution in [1.29, 1.82) is 0 Å². The van der Waals surface area contributed by atoms with E-state index in [9.17, 15) is 4.79 Å². The Bertz CT molecular complexity index is 357. The van der Waals surface area contributed by atoms with E-state index >= 15 is 0 Å². The minimum Gasteiger partial charge on any atom is -0.379 e. The lowest BCUT2D eigenvalue weighted by molar-refractivity contribution is -0.120. The first-order valence-electron chi connectivity index (χ1n) is 5.09. The van der Waals surface area contributed by atoms with Crippen molar-refractivity contribution < 1.29 is 4.79 Å². The number of benzene rings is 1. The van der Waals surface area contributed by atoms with E-state index in [1.54, 1.807) is 13.1 Å². The summed E-state index contributed by atoms with van der Waals surface area (Å²) in [5, 5.41) is 6.33. The molecule has 1 aromatic rings. The van der Waals surface area contributed by atoms with Gasteiger partial charge in [-0.15, -0.1) is 0 Å².